The number of ketones is 1. The SMILES string of the molecule is CN(C)Cc1cc(C(=O)c2cccc(NC(=O)Nc3cc(C4CC4)[nH]n3)c2)c2c(N)ncnn12. The van der Waals surface area contributed by atoms with E-state index < -0.39 is 6.03 Å². The molecule has 1 aliphatic carbocycles. The van der Waals surface area contributed by atoms with Gasteiger partial charge in [-0.1, -0.05) is 12.1 Å². The van der Waals surface area contributed by atoms with E-state index in [9.17, 15) is 9.59 Å². The lowest BCUT2D eigenvalue weighted by atomic mass is 10.0. The molecule has 11 heteroatoms. The number of hydrogen-bond acceptors (Lipinski definition) is 7. The second kappa shape index (κ2) is 8.60. The summed E-state index contributed by atoms with van der Waals surface area (Å²) in [4.78, 5) is 31.9. The predicted octanol–water partition coefficient (Wildman–Crippen LogP) is 2.85. The van der Waals surface area contributed by atoms with Crippen LogP contribution in [-0.2, 0) is 6.54 Å². The van der Waals surface area contributed by atoms with Crippen molar-refractivity contribution in [3.05, 3.63) is 65.2 Å². The number of nitrogens with zero attached hydrogens (tertiary/aromatic N) is 5. The Hall–Kier alpha value is -4.25. The normalized spacial score (nSPS) is 13.4. The maximum atomic E-state index is 13.4. The lowest BCUT2D eigenvalue weighted by molar-refractivity contribution is 0.104. The Morgan fingerprint density at radius 2 is 2.03 bits per heavy atom. The molecule has 1 aliphatic rings. The van der Waals surface area contributed by atoms with Crippen LogP contribution in [0.2, 0.25) is 0 Å². The van der Waals surface area contributed by atoms with Crippen LogP contribution in [0.5, 0.6) is 0 Å². The standard InChI is InChI=1S/C23H25N9O2/c1-31(2)11-16-9-17(20-22(24)25-12-26-32(16)20)21(33)14-4-3-5-15(8-14)27-23(34)28-19-10-18(29-30-19)13-6-7-13/h3-5,8-10,12-13H,6-7,11H2,1-2H3,(H2,24,25,26)(H3,27,28,29,30,34). The lowest BCUT2D eigenvalue weighted by Gasteiger charge is -2.08. The number of aromatic nitrogens is 5. The fourth-order valence-electron chi connectivity index (χ4n) is 3.92. The van der Waals surface area contributed by atoms with Gasteiger partial charge in [-0.05, 0) is 45.1 Å². The maximum absolute atomic E-state index is 13.4. The highest BCUT2D eigenvalue weighted by atomic mass is 16.2. The van der Waals surface area contributed by atoms with Crippen molar-refractivity contribution in [3.8, 4) is 0 Å². The van der Waals surface area contributed by atoms with Crippen molar-refractivity contribution in [1.82, 2.24) is 29.7 Å². The highest BCUT2D eigenvalue weighted by Gasteiger charge is 2.26. The summed E-state index contributed by atoms with van der Waals surface area (Å²) in [5.41, 5.74) is 9.69. The number of fused-ring (bicyclic) bond motifs is 1. The van der Waals surface area contributed by atoms with Crippen molar-refractivity contribution in [2.75, 3.05) is 30.5 Å². The first-order valence-electron chi connectivity index (χ1n) is 10.9. The molecule has 0 bridgehead atoms. The van der Waals surface area contributed by atoms with Gasteiger partial charge in [0.05, 0.1) is 11.3 Å². The van der Waals surface area contributed by atoms with E-state index in [1.807, 2.05) is 25.1 Å². The molecule has 3 heterocycles. The number of anilines is 3. The molecule has 4 aromatic rings. The van der Waals surface area contributed by atoms with Crippen LogP contribution in [0, 0.1) is 0 Å². The average Bonchev–Trinajstić information content (AvgIpc) is 3.44. The average molecular weight is 460 g/mol. The fourth-order valence-corrected chi connectivity index (χ4v) is 3.92. The number of aromatic amines is 1. The summed E-state index contributed by atoms with van der Waals surface area (Å²) in [5.74, 6) is 0.948. The zero-order chi connectivity index (χ0) is 23.8. The molecule has 3 aromatic heterocycles. The number of hydrogen-bond donors (Lipinski definition) is 4. The van der Waals surface area contributed by atoms with E-state index in [4.69, 9.17) is 5.73 Å². The highest BCUT2D eigenvalue weighted by Crippen LogP contribution is 2.39. The Morgan fingerprint density at radius 1 is 1.21 bits per heavy atom. The van der Waals surface area contributed by atoms with Gasteiger partial charge in [0.2, 0.25) is 0 Å². The third kappa shape index (κ3) is 4.33. The third-order valence-electron chi connectivity index (χ3n) is 5.62. The number of H-pyrrole nitrogens is 1. The van der Waals surface area contributed by atoms with Crippen LogP contribution in [0.4, 0.5) is 22.1 Å². The summed E-state index contributed by atoms with van der Waals surface area (Å²) in [7, 11) is 3.86. The van der Waals surface area contributed by atoms with Crippen LogP contribution in [0.25, 0.3) is 5.52 Å². The molecule has 0 radical (unpaired) electrons. The summed E-state index contributed by atoms with van der Waals surface area (Å²) < 4.78 is 1.64. The van der Waals surface area contributed by atoms with Gasteiger partial charge in [0, 0.05) is 35.5 Å². The number of nitrogen functional groups attached to an aromatic ring is 1. The van der Waals surface area contributed by atoms with E-state index >= 15 is 0 Å². The summed E-state index contributed by atoms with van der Waals surface area (Å²) in [6.07, 6.45) is 3.65. The molecule has 34 heavy (non-hydrogen) atoms. The molecule has 11 nitrogen and oxygen atoms in total. The smallest absolute Gasteiger partial charge is 0.324 e. The third-order valence-corrected chi connectivity index (χ3v) is 5.62. The molecule has 174 valence electrons. The first kappa shape index (κ1) is 21.6. The molecule has 0 spiro atoms. The van der Waals surface area contributed by atoms with E-state index in [-0.39, 0.29) is 11.6 Å². The topological polar surface area (TPSA) is 146 Å². The Bertz CT molecular complexity index is 1380. The van der Waals surface area contributed by atoms with E-state index in [0.717, 1.165) is 24.2 Å². The van der Waals surface area contributed by atoms with Crippen LogP contribution < -0.4 is 16.4 Å². The molecule has 1 aromatic carbocycles. The van der Waals surface area contributed by atoms with Crippen molar-refractivity contribution in [3.63, 3.8) is 0 Å². The number of nitrogens with one attached hydrogen (secondary N) is 3. The van der Waals surface area contributed by atoms with Crippen LogP contribution >= 0.6 is 0 Å². The second-order valence-corrected chi connectivity index (χ2v) is 8.66. The molecular weight excluding hydrogens is 434 g/mol. The number of nitrogens with two attached hydrogens (primary N) is 1. The maximum Gasteiger partial charge on any atom is 0.324 e. The largest absolute Gasteiger partial charge is 0.382 e. The van der Waals surface area contributed by atoms with E-state index in [0.29, 0.717) is 40.6 Å². The quantitative estimate of drug-likeness (QED) is 0.311. The summed E-state index contributed by atoms with van der Waals surface area (Å²) in [6.45, 7) is 0.572. The molecule has 2 amide bonds. The van der Waals surface area contributed by atoms with E-state index in [2.05, 4.69) is 30.9 Å². The van der Waals surface area contributed by atoms with Gasteiger partial charge in [0.15, 0.2) is 17.4 Å². The van der Waals surface area contributed by atoms with Gasteiger partial charge in [0.1, 0.15) is 11.8 Å². The van der Waals surface area contributed by atoms with E-state index in [1.54, 1.807) is 34.8 Å². The highest BCUT2D eigenvalue weighted by molar-refractivity contribution is 6.15. The minimum absolute atomic E-state index is 0.224. The Balaban J connectivity index is 1.37. The summed E-state index contributed by atoms with van der Waals surface area (Å²) in [5, 5.41) is 16.8. The molecule has 1 fully saturated rings. The molecule has 0 atom stereocenters. The molecular formula is C23H25N9O2. The van der Waals surface area contributed by atoms with Gasteiger partial charge in [-0.25, -0.2) is 14.3 Å². The van der Waals surface area contributed by atoms with Crippen molar-refractivity contribution in [1.29, 1.82) is 0 Å². The minimum atomic E-state index is -0.446. The summed E-state index contributed by atoms with van der Waals surface area (Å²) >= 11 is 0. The number of benzene rings is 1. The van der Waals surface area contributed by atoms with Crippen molar-refractivity contribution < 1.29 is 9.59 Å². The first-order valence-corrected chi connectivity index (χ1v) is 10.9. The van der Waals surface area contributed by atoms with Gasteiger partial charge >= 0.3 is 6.03 Å². The van der Waals surface area contributed by atoms with Crippen LogP contribution in [0.3, 0.4) is 0 Å². The lowest BCUT2D eigenvalue weighted by Crippen LogP contribution is -2.19. The van der Waals surface area contributed by atoms with E-state index in [1.165, 1.54) is 6.33 Å². The molecule has 1 saturated carbocycles. The van der Waals surface area contributed by atoms with Crippen molar-refractivity contribution in [2.24, 2.45) is 0 Å². The van der Waals surface area contributed by atoms with Gasteiger partial charge < -0.3 is 16.0 Å². The van der Waals surface area contributed by atoms with Gasteiger partial charge in [-0.3, -0.25) is 15.2 Å². The number of rotatable bonds is 7. The zero-order valence-electron chi connectivity index (χ0n) is 18.9. The monoisotopic (exact) mass is 459 g/mol. The van der Waals surface area contributed by atoms with Gasteiger partial charge in [-0.2, -0.15) is 10.2 Å². The van der Waals surface area contributed by atoms with Crippen molar-refractivity contribution in [2.45, 2.75) is 25.3 Å². The van der Waals surface area contributed by atoms with Gasteiger partial charge in [0.25, 0.3) is 0 Å². The molecule has 0 aliphatic heterocycles. The molecule has 0 unspecified atom stereocenters. The summed E-state index contributed by atoms with van der Waals surface area (Å²) in [6, 6.07) is 9.91. The fraction of sp³-hybridized carbons (Fsp3) is 0.261. The number of carbonyl (C=O) groups excluding carboxylic acids is 2. The second-order valence-electron chi connectivity index (χ2n) is 8.66. The Morgan fingerprint density at radius 3 is 2.79 bits per heavy atom. The predicted molar refractivity (Wildman–Crippen MR) is 128 cm³/mol. The molecule has 5 N–H and O–H groups in total. The number of amides is 2. The number of carbonyl (C=O) groups is 2. The Labute approximate surface area is 195 Å². The van der Waals surface area contributed by atoms with Crippen LogP contribution in [0.1, 0.15) is 46.1 Å². The Kier molecular flexibility index (Phi) is 5.46. The number of urea groups is 1. The first-order chi connectivity index (χ1) is 16.4. The van der Waals surface area contributed by atoms with Crippen LogP contribution in [0.15, 0.2) is 42.7 Å². The van der Waals surface area contributed by atoms with Gasteiger partial charge in [-0.15, -0.1) is 0 Å². The van der Waals surface area contributed by atoms with Crippen LogP contribution in [-0.4, -0.2) is 55.6 Å². The molecule has 0 saturated heterocycles. The molecule has 5 rings (SSSR count). The minimum Gasteiger partial charge on any atom is -0.382 e. The zero-order valence-corrected chi connectivity index (χ0v) is 18.9. The van der Waals surface area contributed by atoms with Crippen molar-refractivity contribution >= 4 is 34.7 Å².